The van der Waals surface area contributed by atoms with Crippen LogP contribution in [0.5, 0.6) is 11.5 Å². The molecule has 1 aliphatic carbocycles. The summed E-state index contributed by atoms with van der Waals surface area (Å²) in [5, 5.41) is 5.85. The molecule has 2 N–H and O–H groups in total. The van der Waals surface area contributed by atoms with E-state index in [2.05, 4.69) is 10.6 Å². The first-order valence-corrected chi connectivity index (χ1v) is 9.15. The first-order chi connectivity index (χ1) is 12.2. The maximum atomic E-state index is 12.0. The van der Waals surface area contributed by atoms with Crippen molar-refractivity contribution in [3.8, 4) is 11.5 Å². The number of ether oxygens (including phenoxy) is 2. The summed E-state index contributed by atoms with van der Waals surface area (Å²) in [6.07, 6.45) is 5.79. The van der Waals surface area contributed by atoms with Gasteiger partial charge in [-0.1, -0.05) is 18.9 Å². The standard InChI is InChI=1S/C19H26N2O4/c22-18(8-9-19(23)21-15-4-1-2-5-15)20-13-14-6-7-16-17(12-14)25-11-3-10-24-16/h6-7,12,15H,1-5,8-11,13H2,(H,20,22)(H,21,23). The lowest BCUT2D eigenvalue weighted by Crippen LogP contribution is -2.33. The van der Waals surface area contributed by atoms with Crippen molar-refractivity contribution in [1.29, 1.82) is 0 Å². The van der Waals surface area contributed by atoms with Crippen molar-refractivity contribution in [2.75, 3.05) is 13.2 Å². The summed E-state index contributed by atoms with van der Waals surface area (Å²) in [7, 11) is 0. The predicted molar refractivity (Wildman–Crippen MR) is 93.5 cm³/mol. The fraction of sp³-hybridized carbons (Fsp3) is 0.579. The van der Waals surface area contributed by atoms with Crippen LogP contribution in [0.4, 0.5) is 0 Å². The van der Waals surface area contributed by atoms with Gasteiger partial charge in [0.15, 0.2) is 11.5 Å². The molecule has 0 radical (unpaired) electrons. The van der Waals surface area contributed by atoms with Gasteiger partial charge < -0.3 is 20.1 Å². The van der Waals surface area contributed by atoms with Crippen LogP contribution in [0.3, 0.4) is 0 Å². The van der Waals surface area contributed by atoms with Gasteiger partial charge in [0.1, 0.15) is 0 Å². The predicted octanol–water partition coefficient (Wildman–Crippen LogP) is 2.30. The van der Waals surface area contributed by atoms with Crippen LogP contribution in [0.25, 0.3) is 0 Å². The maximum absolute atomic E-state index is 12.0. The molecule has 1 fully saturated rings. The Morgan fingerprint density at radius 3 is 2.48 bits per heavy atom. The topological polar surface area (TPSA) is 76.7 Å². The van der Waals surface area contributed by atoms with E-state index in [9.17, 15) is 9.59 Å². The Labute approximate surface area is 148 Å². The minimum atomic E-state index is -0.117. The number of amides is 2. The summed E-state index contributed by atoms with van der Waals surface area (Å²) in [5.41, 5.74) is 0.952. The largest absolute Gasteiger partial charge is 0.490 e. The van der Waals surface area contributed by atoms with Gasteiger partial charge >= 0.3 is 0 Å². The molecule has 1 aliphatic heterocycles. The fourth-order valence-electron chi connectivity index (χ4n) is 3.20. The summed E-state index contributed by atoms with van der Waals surface area (Å²) >= 11 is 0. The van der Waals surface area contributed by atoms with E-state index in [-0.39, 0.29) is 24.7 Å². The Morgan fingerprint density at radius 2 is 1.68 bits per heavy atom. The van der Waals surface area contributed by atoms with E-state index in [1.165, 1.54) is 12.8 Å². The normalized spacial score (nSPS) is 17.0. The summed E-state index contributed by atoms with van der Waals surface area (Å²) in [6.45, 7) is 1.71. The number of nitrogens with one attached hydrogen (secondary N) is 2. The molecule has 2 amide bonds. The van der Waals surface area contributed by atoms with Crippen molar-refractivity contribution < 1.29 is 19.1 Å². The Bertz CT molecular complexity index is 611. The highest BCUT2D eigenvalue weighted by Crippen LogP contribution is 2.30. The van der Waals surface area contributed by atoms with Crippen LogP contribution in [0, 0.1) is 0 Å². The molecule has 1 saturated carbocycles. The second kappa shape index (κ2) is 8.74. The minimum Gasteiger partial charge on any atom is -0.490 e. The van der Waals surface area contributed by atoms with Crippen molar-refractivity contribution in [2.24, 2.45) is 0 Å². The Balaban J connectivity index is 1.39. The molecular weight excluding hydrogens is 320 g/mol. The van der Waals surface area contributed by atoms with Gasteiger partial charge in [-0.15, -0.1) is 0 Å². The van der Waals surface area contributed by atoms with Crippen molar-refractivity contribution >= 4 is 11.8 Å². The Hall–Kier alpha value is -2.24. The SMILES string of the molecule is O=C(CCC(=O)NC1CCCC1)NCc1ccc2c(c1)OCCCO2. The summed E-state index contributed by atoms with van der Waals surface area (Å²) in [4.78, 5) is 23.8. The molecule has 6 nitrogen and oxygen atoms in total. The number of carbonyl (C=O) groups excluding carboxylic acids is 2. The molecular formula is C19H26N2O4. The lowest BCUT2D eigenvalue weighted by atomic mass is 10.2. The summed E-state index contributed by atoms with van der Waals surface area (Å²) in [5.74, 6) is 1.32. The van der Waals surface area contributed by atoms with Crippen molar-refractivity contribution in [1.82, 2.24) is 10.6 Å². The first-order valence-electron chi connectivity index (χ1n) is 9.15. The zero-order valence-corrected chi connectivity index (χ0v) is 14.5. The molecule has 0 unspecified atom stereocenters. The average Bonchev–Trinajstić information content (AvgIpc) is 3.00. The van der Waals surface area contributed by atoms with Gasteiger partial charge in [-0.3, -0.25) is 9.59 Å². The van der Waals surface area contributed by atoms with Gasteiger partial charge in [-0.2, -0.15) is 0 Å². The smallest absolute Gasteiger partial charge is 0.220 e. The highest BCUT2D eigenvalue weighted by Gasteiger charge is 2.17. The van der Waals surface area contributed by atoms with Crippen molar-refractivity contribution in [3.63, 3.8) is 0 Å². The van der Waals surface area contributed by atoms with Gasteiger partial charge in [0.25, 0.3) is 0 Å². The van der Waals surface area contributed by atoms with E-state index in [1.54, 1.807) is 0 Å². The molecule has 0 aromatic heterocycles. The van der Waals surface area contributed by atoms with E-state index in [0.29, 0.717) is 25.8 Å². The molecule has 136 valence electrons. The highest BCUT2D eigenvalue weighted by molar-refractivity contribution is 5.83. The molecule has 0 bridgehead atoms. The van der Waals surface area contributed by atoms with Crippen molar-refractivity contribution in [2.45, 2.75) is 57.5 Å². The number of rotatable bonds is 6. The third kappa shape index (κ3) is 5.37. The van der Waals surface area contributed by atoms with Crippen LogP contribution in [0.15, 0.2) is 18.2 Å². The lowest BCUT2D eigenvalue weighted by Gasteiger charge is -2.12. The third-order valence-corrected chi connectivity index (χ3v) is 4.60. The number of benzene rings is 1. The minimum absolute atomic E-state index is 0.0300. The fourth-order valence-corrected chi connectivity index (χ4v) is 3.20. The Kier molecular flexibility index (Phi) is 6.14. The van der Waals surface area contributed by atoms with Crippen LogP contribution in [-0.4, -0.2) is 31.1 Å². The van der Waals surface area contributed by atoms with Crippen LogP contribution < -0.4 is 20.1 Å². The lowest BCUT2D eigenvalue weighted by molar-refractivity contribution is -0.126. The monoisotopic (exact) mass is 346 g/mol. The average molecular weight is 346 g/mol. The molecule has 1 aromatic carbocycles. The Morgan fingerprint density at radius 1 is 0.960 bits per heavy atom. The van der Waals surface area contributed by atoms with Crippen LogP contribution in [0.1, 0.15) is 50.5 Å². The van der Waals surface area contributed by atoms with Gasteiger partial charge in [0.05, 0.1) is 13.2 Å². The second-order valence-electron chi connectivity index (χ2n) is 6.66. The van der Waals surface area contributed by atoms with Crippen LogP contribution >= 0.6 is 0 Å². The molecule has 0 spiro atoms. The quantitative estimate of drug-likeness (QED) is 0.829. The zero-order valence-electron chi connectivity index (χ0n) is 14.5. The molecule has 1 aromatic rings. The summed E-state index contributed by atoms with van der Waals surface area (Å²) < 4.78 is 11.2. The summed E-state index contributed by atoms with van der Waals surface area (Å²) in [6, 6.07) is 5.99. The molecule has 2 aliphatic rings. The van der Waals surface area contributed by atoms with Gasteiger partial charge in [-0.05, 0) is 30.5 Å². The van der Waals surface area contributed by atoms with E-state index in [4.69, 9.17) is 9.47 Å². The van der Waals surface area contributed by atoms with Crippen molar-refractivity contribution in [3.05, 3.63) is 23.8 Å². The number of fused-ring (bicyclic) bond motifs is 1. The van der Waals surface area contributed by atoms with Crippen LogP contribution in [0.2, 0.25) is 0 Å². The maximum Gasteiger partial charge on any atom is 0.220 e. The molecule has 3 rings (SSSR count). The second-order valence-corrected chi connectivity index (χ2v) is 6.66. The molecule has 0 atom stereocenters. The molecule has 6 heteroatoms. The zero-order chi connectivity index (χ0) is 17.5. The molecule has 25 heavy (non-hydrogen) atoms. The van der Waals surface area contributed by atoms with E-state index < -0.39 is 0 Å². The van der Waals surface area contributed by atoms with E-state index >= 15 is 0 Å². The highest BCUT2D eigenvalue weighted by atomic mass is 16.5. The first kappa shape index (κ1) is 17.6. The van der Waals surface area contributed by atoms with Gasteiger partial charge in [0, 0.05) is 31.8 Å². The third-order valence-electron chi connectivity index (χ3n) is 4.60. The molecule has 0 saturated heterocycles. The number of hydrogen-bond donors (Lipinski definition) is 2. The molecule has 1 heterocycles. The van der Waals surface area contributed by atoms with Crippen LogP contribution in [-0.2, 0) is 16.1 Å². The number of hydrogen-bond acceptors (Lipinski definition) is 4. The number of carbonyl (C=O) groups is 2. The van der Waals surface area contributed by atoms with Gasteiger partial charge in [-0.25, -0.2) is 0 Å². The van der Waals surface area contributed by atoms with Gasteiger partial charge in [0.2, 0.25) is 11.8 Å². The van der Waals surface area contributed by atoms with E-state index in [1.807, 2.05) is 18.2 Å². The van der Waals surface area contributed by atoms with E-state index in [0.717, 1.165) is 36.3 Å².